The van der Waals surface area contributed by atoms with Gasteiger partial charge in [0, 0.05) is 18.8 Å². The molecule has 5 N–H and O–H groups in total. The molecule has 0 aliphatic carbocycles. The number of benzene rings is 1. The van der Waals surface area contributed by atoms with E-state index in [-0.39, 0.29) is 12.4 Å². The molecule has 1 aromatic heterocycles. The first-order valence-corrected chi connectivity index (χ1v) is 8.77. The van der Waals surface area contributed by atoms with Crippen molar-refractivity contribution in [3.05, 3.63) is 64.5 Å². The number of nitrogens with two attached hydrogens (primary N) is 1. The predicted molar refractivity (Wildman–Crippen MR) is 101 cm³/mol. The van der Waals surface area contributed by atoms with Crippen molar-refractivity contribution in [2.24, 2.45) is 5.84 Å². The minimum Gasteiger partial charge on any atom is -0.439 e. The van der Waals surface area contributed by atoms with Crippen LogP contribution in [0.3, 0.4) is 0 Å². The maximum atomic E-state index is 12.7. The summed E-state index contributed by atoms with van der Waals surface area (Å²) in [4.78, 5) is 3.62. The molecule has 0 spiro atoms. The summed E-state index contributed by atoms with van der Waals surface area (Å²) in [5.41, 5.74) is 0.966. The van der Waals surface area contributed by atoms with E-state index in [9.17, 15) is 22.0 Å². The Kier molecular flexibility index (Phi) is 7.95. The van der Waals surface area contributed by atoms with Crippen LogP contribution in [0.15, 0.2) is 53.3 Å². The van der Waals surface area contributed by atoms with E-state index in [1.165, 1.54) is 0 Å². The van der Waals surface area contributed by atoms with Crippen molar-refractivity contribution in [2.45, 2.75) is 19.0 Å². The van der Waals surface area contributed by atoms with E-state index in [0.717, 1.165) is 17.7 Å². The first-order chi connectivity index (χ1) is 14.1. The SMILES string of the molecule is N=C(NCCc1ccc(Oc2ccc(C(F)(F)F)cn2)cc1)/C(Cl)=C(\NN)C(F)F. The van der Waals surface area contributed by atoms with Gasteiger partial charge in [0.05, 0.1) is 5.56 Å². The number of hydrogen-bond acceptors (Lipinski definition) is 5. The largest absolute Gasteiger partial charge is 0.439 e. The van der Waals surface area contributed by atoms with Crippen LogP contribution in [0.4, 0.5) is 22.0 Å². The van der Waals surface area contributed by atoms with Gasteiger partial charge in [0.2, 0.25) is 5.88 Å². The fraction of sp³-hybridized carbons (Fsp3) is 0.222. The van der Waals surface area contributed by atoms with Crippen molar-refractivity contribution < 1.29 is 26.7 Å². The molecule has 2 aromatic rings. The summed E-state index contributed by atoms with van der Waals surface area (Å²) in [6, 6.07) is 8.59. The fourth-order valence-electron chi connectivity index (χ4n) is 2.22. The molecular formula is C18H17ClF5N5O. The number of nitrogens with zero attached hydrogens (tertiary/aromatic N) is 1. The molecule has 162 valence electrons. The van der Waals surface area contributed by atoms with Gasteiger partial charge >= 0.3 is 6.18 Å². The number of halogens is 6. The standard InChI is InChI=1S/C18H17ClF5N5O/c19-14(15(29-26)16(20)21)17(25)27-8-7-10-1-4-12(5-2-10)30-13-6-3-11(9-28-13)18(22,23)24/h1-6,9,16,29H,7-8,26H2,(H2,25,27)/b15-14+. The topological polar surface area (TPSA) is 96.0 Å². The first-order valence-electron chi connectivity index (χ1n) is 8.39. The number of amidine groups is 1. The molecule has 0 atom stereocenters. The minimum absolute atomic E-state index is 0.00985. The smallest absolute Gasteiger partial charge is 0.417 e. The summed E-state index contributed by atoms with van der Waals surface area (Å²) in [7, 11) is 0. The highest BCUT2D eigenvalue weighted by molar-refractivity contribution is 6.43. The normalized spacial score (nSPS) is 12.4. The number of pyridine rings is 1. The monoisotopic (exact) mass is 449 g/mol. The quantitative estimate of drug-likeness (QED) is 0.159. The second-order valence-corrected chi connectivity index (χ2v) is 6.23. The van der Waals surface area contributed by atoms with Gasteiger partial charge in [-0.05, 0) is 30.2 Å². The van der Waals surface area contributed by atoms with Crippen molar-refractivity contribution >= 4 is 17.4 Å². The summed E-state index contributed by atoms with van der Waals surface area (Å²) in [5, 5.41) is 9.76. The van der Waals surface area contributed by atoms with Crippen LogP contribution in [-0.4, -0.2) is 23.8 Å². The molecule has 0 unspecified atom stereocenters. The number of alkyl halides is 5. The van der Waals surface area contributed by atoms with Crippen LogP contribution in [0.1, 0.15) is 11.1 Å². The molecule has 0 saturated heterocycles. The number of hydrogen-bond donors (Lipinski definition) is 4. The van der Waals surface area contributed by atoms with Gasteiger partial charge in [0.25, 0.3) is 6.43 Å². The Balaban J connectivity index is 1.88. The summed E-state index contributed by atoms with van der Waals surface area (Å²) < 4.78 is 68.4. The van der Waals surface area contributed by atoms with Gasteiger partial charge in [-0.25, -0.2) is 13.8 Å². The van der Waals surface area contributed by atoms with Crippen molar-refractivity contribution in [1.29, 1.82) is 5.41 Å². The lowest BCUT2D eigenvalue weighted by molar-refractivity contribution is -0.137. The average Bonchev–Trinajstić information content (AvgIpc) is 2.69. The van der Waals surface area contributed by atoms with E-state index >= 15 is 0 Å². The van der Waals surface area contributed by atoms with Gasteiger partial charge in [-0.1, -0.05) is 23.7 Å². The number of hydrazine groups is 1. The molecule has 6 nitrogen and oxygen atoms in total. The molecule has 0 amide bonds. The zero-order valence-corrected chi connectivity index (χ0v) is 16.0. The third kappa shape index (κ3) is 6.56. The Morgan fingerprint density at radius 2 is 1.83 bits per heavy atom. The highest BCUT2D eigenvalue weighted by atomic mass is 35.5. The van der Waals surface area contributed by atoms with Crippen LogP contribution in [0.2, 0.25) is 0 Å². The van der Waals surface area contributed by atoms with Crippen LogP contribution in [0.5, 0.6) is 11.6 Å². The summed E-state index contributed by atoms with van der Waals surface area (Å²) >= 11 is 5.69. The lowest BCUT2D eigenvalue weighted by Gasteiger charge is -2.12. The summed E-state index contributed by atoms with van der Waals surface area (Å²) in [6.45, 7) is 0.233. The minimum atomic E-state index is -4.47. The predicted octanol–water partition coefficient (Wildman–Crippen LogP) is 4.18. The Morgan fingerprint density at radius 3 is 2.33 bits per heavy atom. The Bertz CT molecular complexity index is 885. The highest BCUT2D eigenvalue weighted by Crippen LogP contribution is 2.30. The highest BCUT2D eigenvalue weighted by Gasteiger charge is 2.30. The maximum absolute atomic E-state index is 12.7. The van der Waals surface area contributed by atoms with E-state index in [1.807, 2.05) is 0 Å². The number of nitrogens with one attached hydrogen (secondary N) is 3. The molecule has 30 heavy (non-hydrogen) atoms. The van der Waals surface area contributed by atoms with E-state index in [2.05, 4.69) is 10.3 Å². The van der Waals surface area contributed by atoms with E-state index in [1.54, 1.807) is 29.7 Å². The maximum Gasteiger partial charge on any atom is 0.417 e. The molecule has 12 heteroatoms. The zero-order valence-electron chi connectivity index (χ0n) is 15.2. The van der Waals surface area contributed by atoms with Crippen LogP contribution >= 0.6 is 11.6 Å². The summed E-state index contributed by atoms with van der Waals surface area (Å²) in [5.74, 6) is 4.94. The lowest BCUT2D eigenvalue weighted by atomic mass is 10.1. The molecule has 0 fully saturated rings. The fourth-order valence-corrected chi connectivity index (χ4v) is 2.42. The molecular weight excluding hydrogens is 433 g/mol. The van der Waals surface area contributed by atoms with E-state index in [0.29, 0.717) is 18.4 Å². The molecule has 0 aliphatic heterocycles. The molecule has 1 aromatic carbocycles. The molecule has 0 bridgehead atoms. The van der Waals surface area contributed by atoms with Gasteiger partial charge in [0.15, 0.2) is 0 Å². The van der Waals surface area contributed by atoms with Crippen LogP contribution in [0.25, 0.3) is 0 Å². The zero-order chi connectivity index (χ0) is 22.3. The Morgan fingerprint density at radius 1 is 1.17 bits per heavy atom. The Hall–Kier alpha value is -2.92. The van der Waals surface area contributed by atoms with Crippen molar-refractivity contribution in [3.63, 3.8) is 0 Å². The second-order valence-electron chi connectivity index (χ2n) is 5.85. The van der Waals surface area contributed by atoms with Crippen molar-refractivity contribution in [1.82, 2.24) is 15.7 Å². The second kappa shape index (κ2) is 10.2. The van der Waals surface area contributed by atoms with Crippen molar-refractivity contribution in [2.75, 3.05) is 6.54 Å². The van der Waals surface area contributed by atoms with Crippen LogP contribution in [0, 0.1) is 5.41 Å². The molecule has 1 heterocycles. The molecule has 0 saturated carbocycles. The lowest BCUT2D eigenvalue weighted by Crippen LogP contribution is -2.32. The van der Waals surface area contributed by atoms with Gasteiger partial charge < -0.3 is 15.5 Å². The number of ether oxygens (including phenoxy) is 1. The Labute approximate surface area is 173 Å². The first kappa shape index (κ1) is 23.4. The molecule has 0 radical (unpaired) electrons. The molecule has 2 rings (SSSR count). The van der Waals surface area contributed by atoms with Gasteiger partial charge in [-0.2, -0.15) is 13.2 Å². The molecule has 0 aliphatic rings. The van der Waals surface area contributed by atoms with Gasteiger partial charge in [-0.15, -0.1) is 0 Å². The van der Waals surface area contributed by atoms with Crippen LogP contribution in [-0.2, 0) is 12.6 Å². The van der Waals surface area contributed by atoms with Crippen molar-refractivity contribution in [3.8, 4) is 11.6 Å². The van der Waals surface area contributed by atoms with Gasteiger partial charge in [0.1, 0.15) is 22.3 Å². The number of rotatable bonds is 8. The number of aromatic nitrogens is 1. The third-order valence-corrected chi connectivity index (χ3v) is 4.15. The third-order valence-electron chi connectivity index (χ3n) is 3.75. The number of allylic oxidation sites excluding steroid dienone is 1. The van der Waals surface area contributed by atoms with Gasteiger partial charge in [-0.3, -0.25) is 11.3 Å². The van der Waals surface area contributed by atoms with E-state index in [4.69, 9.17) is 27.6 Å². The van der Waals surface area contributed by atoms with Crippen LogP contribution < -0.4 is 21.3 Å². The van der Waals surface area contributed by atoms with E-state index < -0.39 is 34.7 Å². The average molecular weight is 450 g/mol. The summed E-state index contributed by atoms with van der Waals surface area (Å²) in [6.07, 6.45) is -6.30.